The van der Waals surface area contributed by atoms with Gasteiger partial charge in [-0.3, -0.25) is 9.69 Å². The molecule has 0 saturated carbocycles. The minimum Gasteiger partial charge on any atom is -0.490 e. The smallest absolute Gasteiger partial charge is 0.268 e. The van der Waals surface area contributed by atoms with Crippen molar-refractivity contribution in [3.63, 3.8) is 0 Å². The van der Waals surface area contributed by atoms with Crippen LogP contribution < -0.4 is 9.64 Å². The number of hydrogen-bond donors (Lipinski definition) is 0. The largest absolute Gasteiger partial charge is 0.490 e. The van der Waals surface area contributed by atoms with Gasteiger partial charge in [0, 0.05) is 25.3 Å². The summed E-state index contributed by atoms with van der Waals surface area (Å²) in [4.78, 5) is 17.7. The zero-order valence-corrected chi connectivity index (χ0v) is 18.5. The number of fused-ring (bicyclic) bond motifs is 1. The van der Waals surface area contributed by atoms with E-state index in [-0.39, 0.29) is 5.91 Å². The molecular weight excluding hydrogens is 436 g/mol. The minimum absolute atomic E-state index is 0.0666. The lowest BCUT2D eigenvalue weighted by molar-refractivity contribution is 0.0989. The number of anilines is 1. The van der Waals surface area contributed by atoms with Crippen LogP contribution in [0.15, 0.2) is 58.9 Å². The maximum atomic E-state index is 12.9. The lowest BCUT2D eigenvalue weighted by atomic mass is 10.0. The van der Waals surface area contributed by atoms with Crippen LogP contribution in [0.25, 0.3) is 0 Å². The van der Waals surface area contributed by atoms with Gasteiger partial charge in [-0.2, -0.15) is 0 Å². The summed E-state index contributed by atoms with van der Waals surface area (Å²) in [5.41, 5.74) is 2.16. The van der Waals surface area contributed by atoms with E-state index in [1.54, 1.807) is 0 Å². The molecule has 0 N–H and O–H groups in total. The minimum atomic E-state index is 0.0666. The molecule has 0 fully saturated rings. The van der Waals surface area contributed by atoms with E-state index in [0.29, 0.717) is 6.61 Å². The number of carbonyl (C=O) groups is 1. The van der Waals surface area contributed by atoms with Gasteiger partial charge in [-0.05, 0) is 71.7 Å². The Balaban J connectivity index is 1.62. The van der Waals surface area contributed by atoms with Crippen LogP contribution in [0.5, 0.6) is 5.75 Å². The fourth-order valence-corrected chi connectivity index (χ4v) is 4.53. The lowest BCUT2D eigenvalue weighted by Gasteiger charge is -2.29. The summed E-state index contributed by atoms with van der Waals surface area (Å²) in [6.07, 6.45) is 7.95. The second-order valence-electron chi connectivity index (χ2n) is 6.75. The van der Waals surface area contributed by atoms with Gasteiger partial charge in [0.1, 0.15) is 12.4 Å². The molecule has 1 aromatic heterocycles. The van der Waals surface area contributed by atoms with E-state index in [9.17, 15) is 4.79 Å². The summed E-state index contributed by atoms with van der Waals surface area (Å²) in [5, 5.41) is 0. The van der Waals surface area contributed by atoms with Crippen molar-refractivity contribution < 1.29 is 9.53 Å². The topological polar surface area (TPSA) is 32.8 Å². The van der Waals surface area contributed by atoms with Crippen LogP contribution in [0.4, 0.5) is 5.69 Å². The third kappa shape index (κ3) is 5.34. The third-order valence-corrected chi connectivity index (χ3v) is 6.18. The van der Waals surface area contributed by atoms with E-state index in [4.69, 9.17) is 4.74 Å². The molecular formula is C22H25BrN2O2S. The molecule has 1 aliphatic rings. The highest BCUT2D eigenvalue weighted by molar-refractivity contribution is 9.11. The molecule has 1 aromatic carbocycles. The van der Waals surface area contributed by atoms with E-state index < -0.39 is 0 Å². The van der Waals surface area contributed by atoms with Crippen molar-refractivity contribution in [2.24, 2.45) is 0 Å². The number of carbonyl (C=O) groups excluding carboxylic acids is 1. The average molecular weight is 461 g/mol. The van der Waals surface area contributed by atoms with Crippen molar-refractivity contribution in [2.75, 3.05) is 38.2 Å². The van der Waals surface area contributed by atoms with Gasteiger partial charge in [0.05, 0.1) is 8.66 Å². The van der Waals surface area contributed by atoms with Gasteiger partial charge in [0.2, 0.25) is 0 Å². The quantitative estimate of drug-likeness (QED) is 0.510. The van der Waals surface area contributed by atoms with Gasteiger partial charge < -0.3 is 9.64 Å². The number of ether oxygens (including phenoxy) is 1. The first-order valence-electron chi connectivity index (χ1n) is 9.36. The highest BCUT2D eigenvalue weighted by atomic mass is 79.9. The number of halogens is 1. The van der Waals surface area contributed by atoms with Gasteiger partial charge in [-0.15, -0.1) is 17.9 Å². The zero-order valence-electron chi connectivity index (χ0n) is 16.1. The van der Waals surface area contributed by atoms with E-state index >= 15 is 0 Å². The number of hydrogen-bond acceptors (Lipinski definition) is 4. The van der Waals surface area contributed by atoms with Gasteiger partial charge >= 0.3 is 0 Å². The van der Waals surface area contributed by atoms with Crippen LogP contribution in [0.1, 0.15) is 21.7 Å². The van der Waals surface area contributed by atoms with E-state index in [2.05, 4.69) is 46.6 Å². The summed E-state index contributed by atoms with van der Waals surface area (Å²) in [6, 6.07) is 9.82. The number of nitrogens with zero attached hydrogens (tertiary/aromatic N) is 2. The molecule has 3 rings (SSSR count). The van der Waals surface area contributed by atoms with Crippen molar-refractivity contribution in [2.45, 2.75) is 12.8 Å². The second kappa shape index (κ2) is 10.0. The Labute approximate surface area is 179 Å². The molecule has 0 atom stereocenters. The van der Waals surface area contributed by atoms with Crippen molar-refractivity contribution in [3.05, 3.63) is 69.4 Å². The van der Waals surface area contributed by atoms with Crippen LogP contribution >= 0.6 is 27.3 Å². The number of likely N-dealkylation sites (N-methyl/N-ethyl adjacent to an activating group) is 1. The summed E-state index contributed by atoms with van der Waals surface area (Å²) < 4.78 is 6.84. The van der Waals surface area contributed by atoms with E-state index in [1.807, 2.05) is 41.3 Å². The summed E-state index contributed by atoms with van der Waals surface area (Å²) in [7, 11) is 2.05. The van der Waals surface area contributed by atoms with Crippen LogP contribution in [0.2, 0.25) is 0 Å². The Kier molecular flexibility index (Phi) is 7.48. The number of thiophene rings is 1. The summed E-state index contributed by atoms with van der Waals surface area (Å²) in [6.45, 7) is 6.76. The first kappa shape index (κ1) is 20.8. The van der Waals surface area contributed by atoms with Crippen molar-refractivity contribution in [3.8, 4) is 5.75 Å². The molecule has 6 heteroatoms. The SMILES string of the molecule is C=CCN(C)C/C=C/COc1ccc2c(c1)CCCN2C(=O)c1ccc(Br)s1. The molecule has 0 saturated heterocycles. The maximum absolute atomic E-state index is 12.9. The molecule has 2 aromatic rings. The zero-order chi connectivity index (χ0) is 19.9. The number of amides is 1. The van der Waals surface area contributed by atoms with Crippen molar-refractivity contribution in [1.29, 1.82) is 0 Å². The summed E-state index contributed by atoms with van der Waals surface area (Å²) in [5.74, 6) is 0.910. The molecule has 2 heterocycles. The molecule has 0 spiro atoms. The number of benzene rings is 1. The summed E-state index contributed by atoms with van der Waals surface area (Å²) >= 11 is 4.91. The molecule has 0 bridgehead atoms. The maximum Gasteiger partial charge on any atom is 0.268 e. The predicted octanol–water partition coefficient (Wildman–Crippen LogP) is 5.16. The molecule has 4 nitrogen and oxygen atoms in total. The molecule has 1 aliphatic heterocycles. The van der Waals surface area contributed by atoms with Gasteiger partial charge in [0.15, 0.2) is 0 Å². The van der Waals surface area contributed by atoms with Crippen LogP contribution in [-0.2, 0) is 6.42 Å². The van der Waals surface area contributed by atoms with E-state index in [0.717, 1.165) is 52.6 Å². The molecule has 148 valence electrons. The molecule has 28 heavy (non-hydrogen) atoms. The standard InChI is InChI=1S/C22H25BrN2O2S/c1-3-12-24(2)13-4-5-15-27-18-8-9-19-17(16-18)7-6-14-25(19)22(26)20-10-11-21(23)28-20/h3-5,8-11,16H,1,6-7,12-15H2,2H3/b5-4+. The molecule has 1 amide bonds. The van der Waals surface area contributed by atoms with E-state index in [1.165, 1.54) is 16.9 Å². The Morgan fingerprint density at radius 1 is 1.32 bits per heavy atom. The van der Waals surface area contributed by atoms with Crippen molar-refractivity contribution in [1.82, 2.24) is 4.90 Å². The van der Waals surface area contributed by atoms with Gasteiger partial charge in [0.25, 0.3) is 5.91 Å². The van der Waals surface area contributed by atoms with Gasteiger partial charge in [-0.25, -0.2) is 0 Å². The molecule has 0 radical (unpaired) electrons. The van der Waals surface area contributed by atoms with Crippen LogP contribution in [0, 0.1) is 0 Å². The monoisotopic (exact) mass is 460 g/mol. The Bertz CT molecular complexity index is 862. The fourth-order valence-electron chi connectivity index (χ4n) is 3.20. The highest BCUT2D eigenvalue weighted by Gasteiger charge is 2.24. The Morgan fingerprint density at radius 2 is 2.18 bits per heavy atom. The third-order valence-electron chi connectivity index (χ3n) is 4.57. The average Bonchev–Trinajstić information content (AvgIpc) is 3.13. The Morgan fingerprint density at radius 3 is 2.93 bits per heavy atom. The molecule has 0 aliphatic carbocycles. The number of aryl methyl sites for hydroxylation is 1. The van der Waals surface area contributed by atoms with Crippen LogP contribution in [0.3, 0.4) is 0 Å². The van der Waals surface area contributed by atoms with Crippen LogP contribution in [-0.4, -0.2) is 44.1 Å². The highest BCUT2D eigenvalue weighted by Crippen LogP contribution is 2.33. The molecule has 0 unspecified atom stereocenters. The Hall–Kier alpha value is -1.89. The normalized spacial score (nSPS) is 13.8. The fraction of sp³-hybridized carbons (Fsp3) is 0.318. The lowest BCUT2D eigenvalue weighted by Crippen LogP contribution is -2.35. The second-order valence-corrected chi connectivity index (χ2v) is 9.21. The van der Waals surface area contributed by atoms with Gasteiger partial charge in [-0.1, -0.05) is 18.2 Å². The van der Waals surface area contributed by atoms with Crippen molar-refractivity contribution >= 4 is 38.9 Å². The first-order chi connectivity index (χ1) is 13.6. The predicted molar refractivity (Wildman–Crippen MR) is 121 cm³/mol. The number of rotatable bonds is 8. The first-order valence-corrected chi connectivity index (χ1v) is 11.0.